The SMILES string of the molecule is COC(=O)c1ccc(Cl)c(NC(=O)[C@@H](C)N(c2ccc(OC)c(Cl)c2)S(C)(=O)=O)c1. The molecule has 11 heteroatoms. The third-order valence-corrected chi connectivity index (χ3v) is 5.99. The van der Waals surface area contributed by atoms with Crippen LogP contribution in [-0.4, -0.2) is 46.8 Å². The number of nitrogens with zero attached hydrogens (tertiary/aromatic N) is 1. The molecule has 30 heavy (non-hydrogen) atoms. The van der Waals surface area contributed by atoms with Crippen LogP contribution in [0.5, 0.6) is 5.75 Å². The molecule has 0 fully saturated rings. The fourth-order valence-electron chi connectivity index (χ4n) is 2.70. The molecule has 0 aliphatic carbocycles. The van der Waals surface area contributed by atoms with Crippen molar-refractivity contribution in [2.24, 2.45) is 0 Å². The van der Waals surface area contributed by atoms with Crippen LogP contribution in [0.4, 0.5) is 11.4 Å². The highest BCUT2D eigenvalue weighted by atomic mass is 35.5. The first-order chi connectivity index (χ1) is 14.0. The minimum atomic E-state index is -3.86. The minimum absolute atomic E-state index is 0.137. The maximum Gasteiger partial charge on any atom is 0.337 e. The Kier molecular flexibility index (Phi) is 7.57. The summed E-state index contributed by atoms with van der Waals surface area (Å²) in [4.78, 5) is 24.6. The molecule has 0 unspecified atom stereocenters. The van der Waals surface area contributed by atoms with Gasteiger partial charge in [-0.15, -0.1) is 0 Å². The molecule has 0 radical (unpaired) electrons. The molecule has 0 saturated heterocycles. The number of anilines is 2. The van der Waals surface area contributed by atoms with Gasteiger partial charge in [0.2, 0.25) is 15.9 Å². The van der Waals surface area contributed by atoms with Crippen LogP contribution >= 0.6 is 23.2 Å². The van der Waals surface area contributed by atoms with Gasteiger partial charge in [-0.1, -0.05) is 23.2 Å². The Morgan fingerprint density at radius 2 is 1.73 bits per heavy atom. The molecule has 1 amide bonds. The highest BCUT2D eigenvalue weighted by molar-refractivity contribution is 7.92. The second-order valence-corrected chi connectivity index (χ2v) is 8.90. The van der Waals surface area contributed by atoms with Gasteiger partial charge in [-0.2, -0.15) is 0 Å². The Balaban J connectivity index is 2.38. The summed E-state index contributed by atoms with van der Waals surface area (Å²) in [6.45, 7) is 1.41. The van der Waals surface area contributed by atoms with E-state index in [1.54, 1.807) is 0 Å². The van der Waals surface area contributed by atoms with Crippen LogP contribution in [0.15, 0.2) is 36.4 Å². The van der Waals surface area contributed by atoms with E-state index in [0.717, 1.165) is 10.6 Å². The van der Waals surface area contributed by atoms with Crippen LogP contribution < -0.4 is 14.4 Å². The molecule has 8 nitrogen and oxygen atoms in total. The first-order valence-electron chi connectivity index (χ1n) is 8.51. The highest BCUT2D eigenvalue weighted by Gasteiger charge is 2.30. The lowest BCUT2D eigenvalue weighted by Gasteiger charge is -2.28. The van der Waals surface area contributed by atoms with E-state index in [1.807, 2.05) is 0 Å². The number of halogens is 2. The summed E-state index contributed by atoms with van der Waals surface area (Å²) in [6, 6.07) is 7.39. The summed E-state index contributed by atoms with van der Waals surface area (Å²) in [5, 5.41) is 2.90. The smallest absolute Gasteiger partial charge is 0.337 e. The number of carbonyl (C=O) groups excluding carboxylic acids is 2. The van der Waals surface area contributed by atoms with Crippen molar-refractivity contribution in [1.29, 1.82) is 0 Å². The average molecular weight is 475 g/mol. The molecule has 0 spiro atoms. The topological polar surface area (TPSA) is 102 Å². The van der Waals surface area contributed by atoms with Crippen LogP contribution in [0.3, 0.4) is 0 Å². The molecule has 0 heterocycles. The van der Waals surface area contributed by atoms with Gasteiger partial charge in [0.25, 0.3) is 0 Å². The van der Waals surface area contributed by atoms with Gasteiger partial charge in [-0.05, 0) is 43.3 Å². The van der Waals surface area contributed by atoms with Crippen molar-refractivity contribution in [2.45, 2.75) is 13.0 Å². The fourth-order valence-corrected chi connectivity index (χ4v) is 4.29. The van der Waals surface area contributed by atoms with Crippen molar-refractivity contribution in [3.63, 3.8) is 0 Å². The number of rotatable bonds is 7. The first kappa shape index (κ1) is 23.8. The van der Waals surface area contributed by atoms with E-state index < -0.39 is 27.9 Å². The number of benzene rings is 2. The van der Waals surface area contributed by atoms with Crippen LogP contribution in [0.25, 0.3) is 0 Å². The Morgan fingerprint density at radius 1 is 1.07 bits per heavy atom. The lowest BCUT2D eigenvalue weighted by atomic mass is 10.2. The number of hydrogen-bond donors (Lipinski definition) is 1. The van der Waals surface area contributed by atoms with Gasteiger partial charge >= 0.3 is 5.97 Å². The molecule has 0 aliphatic heterocycles. The van der Waals surface area contributed by atoms with E-state index in [2.05, 4.69) is 10.1 Å². The summed E-state index contributed by atoms with van der Waals surface area (Å²) in [6.07, 6.45) is 0.972. The molecular weight excluding hydrogens is 455 g/mol. The first-order valence-corrected chi connectivity index (χ1v) is 11.1. The molecule has 2 aromatic rings. The quantitative estimate of drug-likeness (QED) is 0.615. The number of nitrogens with one attached hydrogen (secondary N) is 1. The zero-order chi connectivity index (χ0) is 22.6. The van der Waals surface area contributed by atoms with Crippen LogP contribution in [0.2, 0.25) is 10.0 Å². The van der Waals surface area contributed by atoms with E-state index in [0.29, 0.717) is 5.75 Å². The minimum Gasteiger partial charge on any atom is -0.495 e. The normalized spacial score (nSPS) is 12.1. The van der Waals surface area contributed by atoms with Crippen molar-refractivity contribution in [3.8, 4) is 5.75 Å². The monoisotopic (exact) mass is 474 g/mol. The molecule has 2 aromatic carbocycles. The average Bonchev–Trinajstić information content (AvgIpc) is 2.68. The Labute approximate surface area is 184 Å². The van der Waals surface area contributed by atoms with Crippen molar-refractivity contribution >= 4 is 56.5 Å². The van der Waals surface area contributed by atoms with Crippen molar-refractivity contribution < 1.29 is 27.5 Å². The molecule has 1 N–H and O–H groups in total. The van der Waals surface area contributed by atoms with Gasteiger partial charge in [0.1, 0.15) is 11.8 Å². The Bertz CT molecular complexity index is 1070. The van der Waals surface area contributed by atoms with Crippen molar-refractivity contribution in [3.05, 3.63) is 52.0 Å². The number of hydrogen-bond acceptors (Lipinski definition) is 6. The maximum atomic E-state index is 12.8. The predicted octanol–water partition coefficient (Wildman–Crippen LogP) is 3.58. The van der Waals surface area contributed by atoms with E-state index in [1.165, 1.54) is 57.5 Å². The molecule has 0 bridgehead atoms. The predicted molar refractivity (Wildman–Crippen MR) is 116 cm³/mol. The molecule has 1 atom stereocenters. The molecule has 0 saturated carbocycles. The fraction of sp³-hybridized carbons (Fsp3) is 0.263. The van der Waals surface area contributed by atoms with E-state index in [-0.39, 0.29) is 27.0 Å². The van der Waals surface area contributed by atoms with Gasteiger partial charge in [-0.25, -0.2) is 13.2 Å². The van der Waals surface area contributed by atoms with Gasteiger partial charge < -0.3 is 14.8 Å². The third kappa shape index (κ3) is 5.35. The van der Waals surface area contributed by atoms with Crippen LogP contribution in [0, 0.1) is 0 Å². The summed E-state index contributed by atoms with van der Waals surface area (Å²) < 4.78 is 35.5. The largest absolute Gasteiger partial charge is 0.495 e. The van der Waals surface area contributed by atoms with Crippen LogP contribution in [0.1, 0.15) is 17.3 Å². The number of ether oxygens (including phenoxy) is 2. The van der Waals surface area contributed by atoms with Crippen molar-refractivity contribution in [2.75, 3.05) is 30.1 Å². The van der Waals surface area contributed by atoms with Crippen LogP contribution in [-0.2, 0) is 19.6 Å². The van der Waals surface area contributed by atoms with Gasteiger partial charge in [0.05, 0.1) is 47.5 Å². The highest BCUT2D eigenvalue weighted by Crippen LogP contribution is 2.32. The summed E-state index contributed by atoms with van der Waals surface area (Å²) in [7, 11) is -1.21. The molecule has 0 aromatic heterocycles. The molecule has 0 aliphatic rings. The number of carbonyl (C=O) groups is 2. The second kappa shape index (κ2) is 9.55. The van der Waals surface area contributed by atoms with E-state index in [4.69, 9.17) is 27.9 Å². The van der Waals surface area contributed by atoms with Gasteiger partial charge in [0, 0.05) is 0 Å². The number of methoxy groups -OCH3 is 2. The molecule has 162 valence electrons. The van der Waals surface area contributed by atoms with E-state index >= 15 is 0 Å². The summed E-state index contributed by atoms with van der Waals surface area (Å²) in [5.74, 6) is -0.922. The lowest BCUT2D eigenvalue weighted by Crippen LogP contribution is -2.45. The second-order valence-electron chi connectivity index (χ2n) is 6.23. The van der Waals surface area contributed by atoms with Gasteiger partial charge in [0.15, 0.2) is 0 Å². The molecular formula is C19H20Cl2N2O6S. The zero-order valence-corrected chi connectivity index (χ0v) is 18.9. The number of amides is 1. The maximum absolute atomic E-state index is 12.8. The lowest BCUT2D eigenvalue weighted by molar-refractivity contribution is -0.116. The third-order valence-electron chi connectivity index (χ3n) is 4.12. The molecule has 2 rings (SSSR count). The standard InChI is InChI=1S/C19H20Cl2N2O6S/c1-11(18(24)22-16-9-12(19(25)29-3)5-7-14(16)20)23(30(4,26)27)13-6-8-17(28-2)15(21)10-13/h5-11H,1-4H3,(H,22,24)/t11-/m1/s1. The number of esters is 1. The van der Waals surface area contributed by atoms with E-state index in [9.17, 15) is 18.0 Å². The van der Waals surface area contributed by atoms with Crippen molar-refractivity contribution in [1.82, 2.24) is 0 Å². The van der Waals surface area contributed by atoms with Gasteiger partial charge in [-0.3, -0.25) is 9.10 Å². The summed E-state index contributed by atoms with van der Waals surface area (Å²) in [5.41, 5.74) is 0.491. The Hall–Kier alpha value is -2.49. The number of sulfonamides is 1. The summed E-state index contributed by atoms with van der Waals surface area (Å²) >= 11 is 12.2. The zero-order valence-electron chi connectivity index (χ0n) is 16.6. The Morgan fingerprint density at radius 3 is 2.27 bits per heavy atom.